The van der Waals surface area contributed by atoms with E-state index in [0.717, 1.165) is 32.5 Å². The molecular formula is C11H20N2O3. The Labute approximate surface area is 96.0 Å². The maximum absolute atomic E-state index is 11.9. The van der Waals surface area contributed by atoms with E-state index in [1.807, 2.05) is 4.90 Å². The van der Waals surface area contributed by atoms with Gasteiger partial charge in [0.2, 0.25) is 5.91 Å². The topological polar surface area (TPSA) is 53.0 Å². The van der Waals surface area contributed by atoms with Crippen LogP contribution >= 0.6 is 0 Å². The molecule has 0 aromatic rings. The zero-order chi connectivity index (χ0) is 11.4. The fourth-order valence-electron chi connectivity index (χ4n) is 2.29. The van der Waals surface area contributed by atoms with E-state index in [2.05, 4.69) is 4.90 Å². The number of morpholine rings is 1. The predicted molar refractivity (Wildman–Crippen MR) is 59.1 cm³/mol. The van der Waals surface area contributed by atoms with Crippen molar-refractivity contribution in [1.29, 1.82) is 0 Å². The Morgan fingerprint density at radius 1 is 1.31 bits per heavy atom. The third-order valence-electron chi connectivity index (χ3n) is 3.24. The summed E-state index contributed by atoms with van der Waals surface area (Å²) in [5.41, 5.74) is 0. The van der Waals surface area contributed by atoms with Gasteiger partial charge in [-0.05, 0) is 12.8 Å². The van der Waals surface area contributed by atoms with Crippen LogP contribution in [0.3, 0.4) is 0 Å². The normalized spacial score (nSPS) is 27.3. The van der Waals surface area contributed by atoms with Crippen LogP contribution in [0.25, 0.3) is 0 Å². The first-order chi connectivity index (χ1) is 7.79. The number of ether oxygens (including phenoxy) is 1. The molecule has 1 N–H and O–H groups in total. The molecule has 0 aromatic heterocycles. The van der Waals surface area contributed by atoms with Crippen molar-refractivity contribution in [3.8, 4) is 0 Å². The molecule has 0 bridgehead atoms. The molecule has 1 atom stereocenters. The lowest BCUT2D eigenvalue weighted by Crippen LogP contribution is -2.48. The van der Waals surface area contributed by atoms with E-state index >= 15 is 0 Å². The summed E-state index contributed by atoms with van der Waals surface area (Å²) < 4.78 is 5.35. The number of carbonyl (C=O) groups is 1. The SMILES string of the molecule is O=C(CN1CCOC(CO)C1)N1CCCC1. The molecule has 0 saturated carbocycles. The maximum atomic E-state index is 11.9. The second kappa shape index (κ2) is 5.61. The summed E-state index contributed by atoms with van der Waals surface area (Å²) in [6.45, 7) is 4.39. The Hall–Kier alpha value is -0.650. The second-order valence-electron chi connectivity index (χ2n) is 4.50. The first kappa shape index (κ1) is 11.8. The number of aliphatic hydroxyl groups excluding tert-OH is 1. The van der Waals surface area contributed by atoms with Crippen LogP contribution in [0.1, 0.15) is 12.8 Å². The minimum absolute atomic E-state index is 0.0361. The highest BCUT2D eigenvalue weighted by molar-refractivity contribution is 5.78. The van der Waals surface area contributed by atoms with Crippen molar-refractivity contribution in [2.24, 2.45) is 0 Å². The van der Waals surface area contributed by atoms with E-state index in [4.69, 9.17) is 9.84 Å². The van der Waals surface area contributed by atoms with E-state index in [1.165, 1.54) is 0 Å². The third-order valence-corrected chi connectivity index (χ3v) is 3.24. The number of hydrogen-bond donors (Lipinski definition) is 1. The van der Waals surface area contributed by atoms with E-state index in [9.17, 15) is 4.79 Å². The first-order valence-corrected chi connectivity index (χ1v) is 6.02. The van der Waals surface area contributed by atoms with Gasteiger partial charge in [0.15, 0.2) is 0 Å². The van der Waals surface area contributed by atoms with Gasteiger partial charge in [0.25, 0.3) is 0 Å². The Bertz CT molecular complexity index is 241. The average Bonchev–Trinajstić information content (AvgIpc) is 2.83. The van der Waals surface area contributed by atoms with Crippen LogP contribution in [0.2, 0.25) is 0 Å². The van der Waals surface area contributed by atoms with Gasteiger partial charge in [-0.15, -0.1) is 0 Å². The minimum Gasteiger partial charge on any atom is -0.394 e. The van der Waals surface area contributed by atoms with Crippen molar-refractivity contribution < 1.29 is 14.6 Å². The van der Waals surface area contributed by atoms with Crippen LogP contribution in [0.15, 0.2) is 0 Å². The third kappa shape index (κ3) is 2.93. The highest BCUT2D eigenvalue weighted by Gasteiger charge is 2.24. The molecule has 2 heterocycles. The monoisotopic (exact) mass is 228 g/mol. The summed E-state index contributed by atoms with van der Waals surface area (Å²) in [4.78, 5) is 15.9. The summed E-state index contributed by atoms with van der Waals surface area (Å²) in [5.74, 6) is 0.219. The number of likely N-dealkylation sites (tertiary alicyclic amines) is 1. The zero-order valence-corrected chi connectivity index (χ0v) is 9.60. The number of aliphatic hydroxyl groups is 1. The van der Waals surface area contributed by atoms with Gasteiger partial charge in [0, 0.05) is 26.2 Å². The number of carbonyl (C=O) groups excluding carboxylic acids is 1. The van der Waals surface area contributed by atoms with Crippen LogP contribution in [0.4, 0.5) is 0 Å². The quantitative estimate of drug-likeness (QED) is 0.694. The van der Waals surface area contributed by atoms with Crippen LogP contribution < -0.4 is 0 Å². The highest BCUT2D eigenvalue weighted by Crippen LogP contribution is 2.10. The number of nitrogens with zero attached hydrogens (tertiary/aromatic N) is 2. The maximum Gasteiger partial charge on any atom is 0.236 e. The van der Waals surface area contributed by atoms with Gasteiger partial charge in [-0.2, -0.15) is 0 Å². The number of rotatable bonds is 3. The molecule has 0 aromatic carbocycles. The molecule has 2 saturated heterocycles. The molecule has 2 fully saturated rings. The molecule has 2 aliphatic rings. The summed E-state index contributed by atoms with van der Waals surface area (Å²) in [5, 5.41) is 9.01. The summed E-state index contributed by atoms with van der Waals surface area (Å²) in [6, 6.07) is 0. The number of hydrogen-bond acceptors (Lipinski definition) is 4. The van der Waals surface area contributed by atoms with Gasteiger partial charge in [-0.25, -0.2) is 0 Å². The molecule has 0 aliphatic carbocycles. The van der Waals surface area contributed by atoms with E-state index < -0.39 is 0 Å². The molecular weight excluding hydrogens is 208 g/mol. The van der Waals surface area contributed by atoms with E-state index in [-0.39, 0.29) is 18.6 Å². The van der Waals surface area contributed by atoms with Gasteiger partial charge < -0.3 is 14.7 Å². The Kier molecular flexibility index (Phi) is 4.15. The highest BCUT2D eigenvalue weighted by atomic mass is 16.5. The molecule has 16 heavy (non-hydrogen) atoms. The average molecular weight is 228 g/mol. The van der Waals surface area contributed by atoms with Gasteiger partial charge >= 0.3 is 0 Å². The molecule has 5 nitrogen and oxygen atoms in total. The molecule has 2 aliphatic heterocycles. The molecule has 0 spiro atoms. The smallest absolute Gasteiger partial charge is 0.236 e. The lowest BCUT2D eigenvalue weighted by molar-refractivity contribution is -0.133. The minimum atomic E-state index is -0.125. The first-order valence-electron chi connectivity index (χ1n) is 6.02. The van der Waals surface area contributed by atoms with Crippen molar-refractivity contribution in [2.75, 3.05) is 45.9 Å². The van der Waals surface area contributed by atoms with Gasteiger partial charge in [0.05, 0.1) is 25.9 Å². The zero-order valence-electron chi connectivity index (χ0n) is 9.60. The Morgan fingerprint density at radius 3 is 2.75 bits per heavy atom. The van der Waals surface area contributed by atoms with Crippen LogP contribution in [-0.2, 0) is 9.53 Å². The van der Waals surface area contributed by atoms with Gasteiger partial charge in [-0.3, -0.25) is 9.69 Å². The Morgan fingerprint density at radius 2 is 2.06 bits per heavy atom. The van der Waals surface area contributed by atoms with Crippen molar-refractivity contribution >= 4 is 5.91 Å². The molecule has 5 heteroatoms. The molecule has 0 radical (unpaired) electrons. The summed E-state index contributed by atoms with van der Waals surface area (Å²) >= 11 is 0. The van der Waals surface area contributed by atoms with Crippen molar-refractivity contribution in [3.05, 3.63) is 0 Å². The fourth-order valence-corrected chi connectivity index (χ4v) is 2.29. The van der Waals surface area contributed by atoms with Gasteiger partial charge in [0.1, 0.15) is 0 Å². The van der Waals surface area contributed by atoms with Crippen molar-refractivity contribution in [2.45, 2.75) is 18.9 Å². The van der Waals surface area contributed by atoms with Crippen LogP contribution in [0, 0.1) is 0 Å². The second-order valence-corrected chi connectivity index (χ2v) is 4.50. The van der Waals surface area contributed by atoms with E-state index in [0.29, 0.717) is 19.7 Å². The molecule has 1 unspecified atom stereocenters. The summed E-state index contributed by atoms with van der Waals surface area (Å²) in [7, 11) is 0. The van der Waals surface area contributed by atoms with E-state index in [1.54, 1.807) is 0 Å². The Balaban J connectivity index is 1.77. The van der Waals surface area contributed by atoms with Gasteiger partial charge in [-0.1, -0.05) is 0 Å². The summed E-state index contributed by atoms with van der Waals surface area (Å²) in [6.07, 6.45) is 2.14. The van der Waals surface area contributed by atoms with Crippen molar-refractivity contribution in [3.63, 3.8) is 0 Å². The molecule has 2 rings (SSSR count). The van der Waals surface area contributed by atoms with Crippen LogP contribution in [0.5, 0.6) is 0 Å². The lowest BCUT2D eigenvalue weighted by atomic mass is 10.3. The standard InChI is InChI=1S/C11H20N2O3/c14-9-10-7-12(5-6-16-10)8-11(15)13-3-1-2-4-13/h10,14H,1-9H2. The van der Waals surface area contributed by atoms with Crippen molar-refractivity contribution in [1.82, 2.24) is 9.80 Å². The fraction of sp³-hybridized carbons (Fsp3) is 0.909. The lowest BCUT2D eigenvalue weighted by Gasteiger charge is -2.32. The molecule has 92 valence electrons. The molecule has 1 amide bonds. The largest absolute Gasteiger partial charge is 0.394 e. The number of amides is 1. The van der Waals surface area contributed by atoms with Crippen LogP contribution in [-0.4, -0.2) is 72.9 Å². The predicted octanol–water partition coefficient (Wildman–Crippen LogP) is -0.698.